The Bertz CT molecular complexity index is 3880. The normalized spacial score (nSPS) is 14.7. The summed E-state index contributed by atoms with van der Waals surface area (Å²) in [5, 5.41) is 10.3. The highest BCUT2D eigenvalue weighted by Crippen LogP contribution is 2.44. The first-order chi connectivity index (χ1) is 48.4. The average molecular weight is 1470 g/mol. The van der Waals surface area contributed by atoms with Crippen LogP contribution in [0.15, 0.2) is 114 Å². The van der Waals surface area contributed by atoms with Crippen LogP contribution in [0.3, 0.4) is 0 Å². The number of aromatic nitrogens is 4. The summed E-state index contributed by atoms with van der Waals surface area (Å²) in [6, 6.07) is 27.1. The van der Waals surface area contributed by atoms with E-state index in [-0.39, 0.29) is 82.7 Å². The van der Waals surface area contributed by atoms with Gasteiger partial charge in [0.25, 0.3) is 11.5 Å². The average Bonchev–Trinajstić information content (AvgIpc) is 0.841. The number of carbonyl (C=O) groups is 8. The number of nitrogens with zero attached hydrogens (tertiary/aromatic N) is 5. The van der Waals surface area contributed by atoms with Crippen molar-refractivity contribution in [3.05, 3.63) is 148 Å². The Labute approximate surface area is 599 Å². The lowest BCUT2D eigenvalue weighted by Crippen LogP contribution is -2.45. The monoisotopic (exact) mass is 1470 g/mol. The highest BCUT2D eigenvalue weighted by atomic mass is 33.1. The Hall–Kier alpha value is -8.91. The van der Waals surface area contributed by atoms with Crippen molar-refractivity contribution in [2.45, 2.75) is 147 Å². The van der Waals surface area contributed by atoms with Crippen LogP contribution in [0, 0.1) is 5.92 Å². The van der Waals surface area contributed by atoms with E-state index >= 15 is 0 Å². The fourth-order valence-electron chi connectivity index (χ4n) is 10.9. The van der Waals surface area contributed by atoms with E-state index in [2.05, 4.69) is 75.1 Å². The predicted octanol–water partition coefficient (Wildman–Crippen LogP) is 9.58. The van der Waals surface area contributed by atoms with Crippen LogP contribution in [0.4, 0.5) is 24.8 Å². The number of aromatic amines is 1. The topological polar surface area (TPSA) is 318 Å². The maximum absolute atomic E-state index is 14.4. The molecule has 0 bridgehead atoms. The maximum Gasteiger partial charge on any atom is 0.471 e. The Kier molecular flexibility index (Phi) is 29.0. The first-order valence-electron chi connectivity index (χ1n) is 33.2. The smallest absolute Gasteiger partial charge is 0.471 e. The number of hydrogen-bond acceptors (Lipinski definition) is 20. The predicted molar refractivity (Wildman–Crippen MR) is 383 cm³/mol. The summed E-state index contributed by atoms with van der Waals surface area (Å²) in [7, 11) is 5.71. The molecule has 4 atom stereocenters. The van der Waals surface area contributed by atoms with E-state index in [0.717, 1.165) is 61.4 Å². The Balaban J connectivity index is 0.863. The molecular weight excluding hydrogens is 1380 g/mol. The quantitative estimate of drug-likeness (QED) is 0.00812. The zero-order chi connectivity index (χ0) is 74.5. The van der Waals surface area contributed by atoms with Gasteiger partial charge in [-0.05, 0) is 109 Å². The van der Waals surface area contributed by atoms with Crippen LogP contribution in [0.1, 0.15) is 119 Å². The van der Waals surface area contributed by atoms with Gasteiger partial charge in [-0.15, -0.1) is 0 Å². The van der Waals surface area contributed by atoms with Gasteiger partial charge in [-0.25, -0.2) is 19.6 Å². The van der Waals surface area contributed by atoms with Gasteiger partial charge in [0, 0.05) is 61.0 Å². The van der Waals surface area contributed by atoms with Crippen LogP contribution >= 0.6 is 21.6 Å². The molecule has 7 rings (SSSR count). The number of H-pyrrole nitrogens is 1. The molecule has 0 aliphatic carbocycles. The molecule has 102 heavy (non-hydrogen) atoms. The number of halogens is 3. The summed E-state index contributed by atoms with van der Waals surface area (Å²) in [6.07, 6.45) is -2.33. The molecule has 2 aromatic heterocycles. The lowest BCUT2D eigenvalue weighted by atomic mass is 9.80. The summed E-state index contributed by atoms with van der Waals surface area (Å²) >= 11 is 0. The summed E-state index contributed by atoms with van der Waals surface area (Å²) in [4.78, 5) is 134. The molecule has 25 nitrogen and oxygen atoms in total. The molecule has 0 radical (unpaired) electrons. The van der Waals surface area contributed by atoms with Crippen molar-refractivity contribution >= 4 is 100 Å². The number of esters is 2. The third-order valence-corrected chi connectivity index (χ3v) is 24.5. The van der Waals surface area contributed by atoms with Gasteiger partial charge in [0.05, 0.1) is 65.6 Å². The van der Waals surface area contributed by atoms with Gasteiger partial charge < -0.3 is 49.0 Å². The van der Waals surface area contributed by atoms with Gasteiger partial charge in [0.1, 0.15) is 29.2 Å². The zero-order valence-corrected chi connectivity index (χ0v) is 61.6. The molecule has 3 heterocycles. The fourth-order valence-corrected chi connectivity index (χ4v) is 14.4. The number of rotatable bonds is 35. The maximum atomic E-state index is 14.4. The van der Waals surface area contributed by atoms with E-state index < -0.39 is 97.7 Å². The molecule has 1 fully saturated rings. The third kappa shape index (κ3) is 21.8. The summed E-state index contributed by atoms with van der Waals surface area (Å²) in [6.45, 7) is 14.4. The highest BCUT2D eigenvalue weighted by Gasteiger charge is 2.47. The number of anilines is 2. The molecule has 550 valence electrons. The van der Waals surface area contributed by atoms with Crippen molar-refractivity contribution in [3.63, 3.8) is 0 Å². The van der Waals surface area contributed by atoms with E-state index in [0.29, 0.717) is 67.3 Å². The number of methoxy groups -OCH3 is 4. The molecule has 4 aromatic carbocycles. The number of fused-ring (bicyclic) bond motifs is 1. The fraction of sp³-hybridized carbons (Fsp3) is 0.465. The zero-order valence-electron chi connectivity index (χ0n) is 59.0. The van der Waals surface area contributed by atoms with Crippen molar-refractivity contribution in [3.8, 4) is 11.5 Å². The molecule has 5 N–H and O–H groups in total. The number of likely N-dealkylation sites (tertiary alicyclic amines) is 1. The molecule has 1 aliphatic rings. The van der Waals surface area contributed by atoms with Crippen molar-refractivity contribution < 1.29 is 79.6 Å². The lowest BCUT2D eigenvalue weighted by molar-refractivity contribution is -0.170. The van der Waals surface area contributed by atoms with E-state index in [1.165, 1.54) is 21.6 Å². The lowest BCUT2D eigenvalue weighted by Gasteiger charge is -2.38. The molecule has 1 aliphatic heterocycles. The number of nitrogens with one attached hydrogen (secondary N) is 5. The van der Waals surface area contributed by atoms with Crippen LogP contribution in [0.25, 0.3) is 11.2 Å². The van der Waals surface area contributed by atoms with Crippen molar-refractivity contribution in [2.75, 3.05) is 69.9 Å². The van der Waals surface area contributed by atoms with Crippen LogP contribution in [-0.4, -0.2) is 171 Å². The van der Waals surface area contributed by atoms with Gasteiger partial charge in [0.15, 0.2) is 19.5 Å². The summed E-state index contributed by atoms with van der Waals surface area (Å²) < 4.78 is 77.1. The van der Waals surface area contributed by atoms with Gasteiger partial charge in [-0.3, -0.25) is 48.8 Å². The van der Waals surface area contributed by atoms with Crippen LogP contribution in [0.5, 0.6) is 11.5 Å². The second-order valence-corrected chi connectivity index (χ2v) is 33.4. The summed E-state index contributed by atoms with van der Waals surface area (Å²) in [5.74, 6) is -5.17. The van der Waals surface area contributed by atoms with Crippen LogP contribution in [-0.2, 0) is 64.3 Å². The number of carbonyl (C=O) groups excluding carboxylic acids is 8. The Morgan fingerprint density at radius 1 is 0.735 bits per heavy atom. The first-order valence-corrected chi connectivity index (χ1v) is 38.6. The van der Waals surface area contributed by atoms with Gasteiger partial charge in [0.2, 0.25) is 29.6 Å². The van der Waals surface area contributed by atoms with E-state index in [1.807, 2.05) is 83.8 Å². The minimum absolute atomic E-state index is 0.000392. The second kappa shape index (κ2) is 36.8. The first kappa shape index (κ1) is 80.4. The molecule has 6 amide bonds. The Morgan fingerprint density at radius 2 is 1.35 bits per heavy atom. The standard InChI is InChI=1S/C71H89F3N10O15S2Si/c1-44(2)62(88)81-68-80-61-60(64(90)82-68)77-49(39-76-61)40-84(67(93)71(72,73)74)50-27-21-45(22-28-50)63(89)79-55(65(91)96-8)33-34-58(86)78-56(66(92)97-9)43-101-100-37-35-57(85)75-36-17-13-16-20-59(87)83-41-54(99-102(10,11)69(3,4)5)38-51(83)42-98-70(46-18-14-12-15-19-46,47-23-29-52(94-6)30-24-47)48-25-31-53(95-7)32-26-48/h12,14-15,18-19,21-32,39,44,51,54-56H,13,16-17,20,33-38,40-43H2,1-11H3,(H,75,85)(H,78,86)(H,79,89)(H2,76,80,81,82,88,90)/t51-,54+,55+,56+/m0/s1. The minimum atomic E-state index is -5.39. The SMILES string of the molecule is COC(=O)[C@@H](CSSCCC(=O)NCCCCCC(=O)N1C[C@H](O[Si](C)(C)C(C)(C)C)C[C@H]1COC(c1ccccc1)(c1ccc(OC)cc1)c1ccc(OC)cc1)NC(=O)CC[C@@H](NC(=O)c1ccc(N(Cc2cnc3nc(NC(=O)C(C)C)[nH]c(=O)c3n2)C(=O)C(F)(F)F)cc1)C(=O)OC. The Morgan fingerprint density at radius 3 is 1.94 bits per heavy atom. The van der Waals surface area contributed by atoms with Gasteiger partial charge in [-0.1, -0.05) is 117 Å². The molecule has 0 unspecified atom stereocenters. The number of alkyl halides is 3. The molecule has 0 spiro atoms. The van der Waals surface area contributed by atoms with Crippen molar-refractivity contribution in [1.82, 2.24) is 40.8 Å². The third-order valence-electron chi connectivity index (χ3n) is 17.5. The van der Waals surface area contributed by atoms with Crippen molar-refractivity contribution in [1.29, 1.82) is 0 Å². The molecule has 31 heteroatoms. The number of benzene rings is 4. The van der Waals surface area contributed by atoms with E-state index in [1.54, 1.807) is 28.1 Å². The molecule has 0 saturated carbocycles. The van der Waals surface area contributed by atoms with E-state index in [9.17, 15) is 56.3 Å². The van der Waals surface area contributed by atoms with Crippen molar-refractivity contribution in [2.24, 2.45) is 5.92 Å². The van der Waals surface area contributed by atoms with Gasteiger partial charge in [-0.2, -0.15) is 18.2 Å². The molecular formula is C71H89F3N10O15S2Si. The summed E-state index contributed by atoms with van der Waals surface area (Å²) in [5.41, 5.74) is -0.696. The largest absolute Gasteiger partial charge is 0.497 e. The minimum Gasteiger partial charge on any atom is -0.497 e. The number of amides is 6. The number of unbranched alkanes of at least 4 members (excludes halogenated alkanes) is 2. The number of hydrogen-bond donors (Lipinski definition) is 5. The van der Waals surface area contributed by atoms with Crippen LogP contribution < -0.4 is 41.2 Å². The number of ether oxygens (including phenoxy) is 5. The van der Waals surface area contributed by atoms with Crippen LogP contribution in [0.2, 0.25) is 18.1 Å². The van der Waals surface area contributed by atoms with E-state index in [4.69, 9.17) is 28.1 Å². The highest BCUT2D eigenvalue weighted by molar-refractivity contribution is 8.76. The molecule has 6 aromatic rings. The van der Waals surface area contributed by atoms with Gasteiger partial charge >= 0.3 is 24.0 Å². The molecule has 1 saturated heterocycles. The second-order valence-electron chi connectivity index (χ2n) is 26.0.